The quantitative estimate of drug-likeness (QED) is 0.487. The average molecular weight is 428 g/mol. The number of carbonyl (C=O) groups excluding carboxylic acids is 1. The summed E-state index contributed by atoms with van der Waals surface area (Å²) in [7, 11) is 0. The Kier molecular flexibility index (Phi) is 6.26. The van der Waals surface area contributed by atoms with E-state index in [9.17, 15) is 9.59 Å². The first kappa shape index (κ1) is 21.2. The van der Waals surface area contributed by atoms with E-state index in [1.54, 1.807) is 12.3 Å². The van der Waals surface area contributed by atoms with Crippen molar-refractivity contribution in [2.24, 2.45) is 0 Å². The molecule has 7 heteroatoms. The largest absolute Gasteiger partial charge is 0.364 e. The molecule has 0 aliphatic heterocycles. The Balaban J connectivity index is 1.79. The van der Waals surface area contributed by atoms with Crippen LogP contribution in [0, 0.1) is 13.8 Å². The Hall–Kier alpha value is -4.00. The molecule has 0 bridgehead atoms. The number of benzene rings is 1. The Morgan fingerprint density at radius 3 is 2.59 bits per heavy atom. The van der Waals surface area contributed by atoms with E-state index in [4.69, 9.17) is 4.52 Å². The summed E-state index contributed by atoms with van der Waals surface area (Å²) in [6.45, 7) is 4.53. The molecule has 0 aliphatic carbocycles. The molecule has 1 N–H and O–H groups in total. The van der Waals surface area contributed by atoms with Gasteiger partial charge in [-0.1, -0.05) is 35.5 Å². The zero-order valence-corrected chi connectivity index (χ0v) is 18.0. The van der Waals surface area contributed by atoms with Gasteiger partial charge in [0.1, 0.15) is 17.5 Å². The van der Waals surface area contributed by atoms with E-state index in [1.165, 1.54) is 12.3 Å². The summed E-state index contributed by atoms with van der Waals surface area (Å²) in [6.07, 6.45) is 3.62. The molecule has 7 nitrogen and oxygen atoms in total. The van der Waals surface area contributed by atoms with Gasteiger partial charge in [0.25, 0.3) is 5.91 Å². The number of hydrogen-bond donors (Lipinski definition) is 1. The summed E-state index contributed by atoms with van der Waals surface area (Å²) in [4.78, 5) is 30.6. The van der Waals surface area contributed by atoms with Crippen LogP contribution in [0.25, 0.3) is 0 Å². The van der Waals surface area contributed by atoms with E-state index >= 15 is 0 Å². The van der Waals surface area contributed by atoms with Gasteiger partial charge in [-0.05, 0) is 37.1 Å². The topological polar surface area (TPSA) is 90.0 Å². The summed E-state index contributed by atoms with van der Waals surface area (Å²) in [6, 6.07) is 16.9. The van der Waals surface area contributed by atoms with Gasteiger partial charge in [0.15, 0.2) is 5.43 Å². The monoisotopic (exact) mass is 428 g/mol. The zero-order valence-electron chi connectivity index (χ0n) is 18.0. The molecule has 0 aliphatic rings. The minimum atomic E-state index is -0.434. The van der Waals surface area contributed by atoms with Crippen LogP contribution < -0.4 is 10.7 Å². The van der Waals surface area contributed by atoms with E-state index in [0.717, 1.165) is 22.5 Å². The van der Waals surface area contributed by atoms with Crippen LogP contribution in [0.1, 0.15) is 44.3 Å². The summed E-state index contributed by atoms with van der Waals surface area (Å²) >= 11 is 0. The second kappa shape index (κ2) is 9.43. The molecule has 0 fully saturated rings. The number of aryl methyl sites for hydroxylation is 2. The average Bonchev–Trinajstić information content (AvgIpc) is 3.31. The Morgan fingerprint density at radius 2 is 1.88 bits per heavy atom. The Labute approximate surface area is 185 Å². The maximum absolute atomic E-state index is 13.2. The summed E-state index contributed by atoms with van der Waals surface area (Å²) in [5, 5.41) is 6.62. The minimum Gasteiger partial charge on any atom is -0.364 e. The molecule has 4 rings (SSSR count). The lowest BCUT2D eigenvalue weighted by atomic mass is 9.99. The Morgan fingerprint density at radius 1 is 1.06 bits per heavy atom. The van der Waals surface area contributed by atoms with Gasteiger partial charge in [0.2, 0.25) is 0 Å². The van der Waals surface area contributed by atoms with Crippen molar-refractivity contribution < 1.29 is 9.32 Å². The molecule has 4 aromatic rings. The third kappa shape index (κ3) is 4.67. The lowest BCUT2D eigenvalue weighted by Crippen LogP contribution is -2.33. The van der Waals surface area contributed by atoms with Crippen molar-refractivity contribution in [1.29, 1.82) is 0 Å². The number of pyridine rings is 2. The van der Waals surface area contributed by atoms with Crippen LogP contribution in [0.15, 0.2) is 76.4 Å². The number of amides is 1. The van der Waals surface area contributed by atoms with E-state index in [2.05, 4.69) is 15.5 Å². The van der Waals surface area contributed by atoms with Crippen molar-refractivity contribution in [1.82, 2.24) is 20.0 Å². The van der Waals surface area contributed by atoms with Gasteiger partial charge in [-0.15, -0.1) is 0 Å². The first-order valence-corrected chi connectivity index (χ1v) is 10.4. The molecule has 0 unspecified atom stereocenters. The first-order valence-electron chi connectivity index (χ1n) is 10.4. The zero-order chi connectivity index (χ0) is 22.5. The molecule has 0 saturated carbocycles. The fourth-order valence-electron chi connectivity index (χ4n) is 3.71. The van der Waals surface area contributed by atoms with Gasteiger partial charge in [0, 0.05) is 36.1 Å². The number of hydrogen-bond acceptors (Lipinski definition) is 5. The lowest BCUT2D eigenvalue weighted by molar-refractivity contribution is 0.0947. The maximum Gasteiger partial charge on any atom is 0.257 e. The summed E-state index contributed by atoms with van der Waals surface area (Å²) in [5.74, 6) is -0.434. The fourth-order valence-corrected chi connectivity index (χ4v) is 3.71. The number of nitrogens with one attached hydrogen (secondary N) is 1. The molecule has 32 heavy (non-hydrogen) atoms. The third-order valence-electron chi connectivity index (χ3n) is 5.44. The van der Waals surface area contributed by atoms with Crippen molar-refractivity contribution in [3.8, 4) is 0 Å². The molecular formula is C25H24N4O3. The predicted octanol–water partition coefficient (Wildman–Crippen LogP) is 3.42. The second-order valence-corrected chi connectivity index (χ2v) is 7.66. The number of rotatable bonds is 7. The molecule has 0 spiro atoms. The van der Waals surface area contributed by atoms with Crippen molar-refractivity contribution in [3.63, 3.8) is 0 Å². The van der Waals surface area contributed by atoms with Gasteiger partial charge in [-0.2, -0.15) is 0 Å². The number of nitrogens with zero attached hydrogens (tertiary/aromatic N) is 3. The van der Waals surface area contributed by atoms with Crippen molar-refractivity contribution in [2.45, 2.75) is 33.4 Å². The van der Waals surface area contributed by atoms with Crippen LogP contribution >= 0.6 is 0 Å². The number of carbonyl (C=O) groups is 1. The predicted molar refractivity (Wildman–Crippen MR) is 120 cm³/mol. The van der Waals surface area contributed by atoms with Crippen LogP contribution in [0.3, 0.4) is 0 Å². The molecule has 0 atom stereocenters. The van der Waals surface area contributed by atoms with Crippen molar-refractivity contribution in [2.75, 3.05) is 0 Å². The highest BCUT2D eigenvalue weighted by Crippen LogP contribution is 2.19. The molecular weight excluding hydrogens is 404 g/mol. The van der Waals surface area contributed by atoms with Gasteiger partial charge in [-0.25, -0.2) is 0 Å². The third-order valence-corrected chi connectivity index (χ3v) is 5.44. The molecule has 1 aromatic carbocycles. The van der Waals surface area contributed by atoms with Crippen LogP contribution in [0.2, 0.25) is 0 Å². The van der Waals surface area contributed by atoms with Gasteiger partial charge >= 0.3 is 0 Å². The van der Waals surface area contributed by atoms with E-state index in [1.807, 2.05) is 60.9 Å². The van der Waals surface area contributed by atoms with Crippen LogP contribution in [-0.4, -0.2) is 20.6 Å². The highest BCUT2D eigenvalue weighted by molar-refractivity contribution is 5.95. The standard InChI is InChI=1S/C25H24N4O3/c1-17-7-3-4-8-19(17)14-22-24(25(31)27-15-20-10-12-32-28-20)23(30)13-18(2)29(22)16-21-9-5-6-11-26-21/h3-13H,14-16H2,1-2H3,(H,27,31). The van der Waals surface area contributed by atoms with Gasteiger partial charge in [-0.3, -0.25) is 14.6 Å². The highest BCUT2D eigenvalue weighted by atomic mass is 16.5. The van der Waals surface area contributed by atoms with E-state index in [-0.39, 0.29) is 17.5 Å². The molecule has 162 valence electrons. The van der Waals surface area contributed by atoms with Crippen LogP contribution in [0.4, 0.5) is 0 Å². The molecule has 3 aromatic heterocycles. The highest BCUT2D eigenvalue weighted by Gasteiger charge is 2.21. The maximum atomic E-state index is 13.2. The normalized spacial score (nSPS) is 10.8. The van der Waals surface area contributed by atoms with Crippen LogP contribution in [-0.2, 0) is 19.5 Å². The Bertz CT molecular complexity index is 1280. The minimum absolute atomic E-state index is 0.137. The fraction of sp³-hybridized carbons (Fsp3) is 0.200. The first-order chi connectivity index (χ1) is 15.5. The summed E-state index contributed by atoms with van der Waals surface area (Å²) in [5.41, 5.74) is 4.85. The lowest BCUT2D eigenvalue weighted by Gasteiger charge is -2.20. The van der Waals surface area contributed by atoms with Gasteiger partial charge < -0.3 is 14.4 Å². The smallest absolute Gasteiger partial charge is 0.257 e. The van der Waals surface area contributed by atoms with Crippen LogP contribution in [0.5, 0.6) is 0 Å². The molecule has 0 saturated heterocycles. The van der Waals surface area contributed by atoms with E-state index in [0.29, 0.717) is 24.4 Å². The second-order valence-electron chi connectivity index (χ2n) is 7.66. The summed E-state index contributed by atoms with van der Waals surface area (Å²) < 4.78 is 6.82. The SMILES string of the molecule is Cc1ccccc1Cc1c(C(=O)NCc2ccon2)c(=O)cc(C)n1Cc1ccccn1. The molecule has 1 amide bonds. The van der Waals surface area contributed by atoms with Crippen molar-refractivity contribution in [3.05, 3.63) is 117 Å². The van der Waals surface area contributed by atoms with Gasteiger partial charge in [0.05, 0.1) is 18.8 Å². The number of aromatic nitrogens is 3. The molecule has 3 heterocycles. The molecule has 0 radical (unpaired) electrons. The van der Waals surface area contributed by atoms with Crippen molar-refractivity contribution >= 4 is 5.91 Å². The van der Waals surface area contributed by atoms with E-state index < -0.39 is 5.91 Å².